The average molecular weight is 279 g/mol. The Balaban J connectivity index is 1.90. The maximum atomic E-state index is 5.62. The van der Waals surface area contributed by atoms with E-state index in [1.54, 1.807) is 11.3 Å². The zero-order valence-electron chi connectivity index (χ0n) is 10.8. The highest BCUT2D eigenvalue weighted by Crippen LogP contribution is 2.11. The van der Waals surface area contributed by atoms with Gasteiger partial charge in [-0.2, -0.15) is 15.0 Å². The van der Waals surface area contributed by atoms with Gasteiger partial charge in [0.1, 0.15) is 0 Å². The lowest BCUT2D eigenvalue weighted by atomic mass is 10.3. The molecule has 0 fully saturated rings. The number of anilines is 2. The summed E-state index contributed by atoms with van der Waals surface area (Å²) in [6, 6.07) is 4.41. The minimum absolute atomic E-state index is 0.166. The van der Waals surface area contributed by atoms with Crippen molar-refractivity contribution in [2.24, 2.45) is 0 Å². The Bertz CT molecular complexity index is 503. The highest BCUT2D eigenvalue weighted by Gasteiger charge is 2.05. The maximum Gasteiger partial charge on any atom is 0.323 e. The summed E-state index contributed by atoms with van der Waals surface area (Å²) in [6.07, 6.45) is 1.82. The van der Waals surface area contributed by atoms with Crippen LogP contribution in [0.1, 0.15) is 18.2 Å². The number of aromatic nitrogens is 3. The normalized spacial score (nSPS) is 10.4. The Kier molecular flexibility index (Phi) is 4.91. The Hall–Kier alpha value is -1.89. The summed E-state index contributed by atoms with van der Waals surface area (Å²) in [7, 11) is 0. The molecule has 0 aliphatic heterocycles. The summed E-state index contributed by atoms with van der Waals surface area (Å²) < 4.78 is 5.35. The van der Waals surface area contributed by atoms with Crippen LogP contribution in [0.5, 0.6) is 6.01 Å². The largest absolute Gasteiger partial charge is 0.463 e. The third-order valence-electron chi connectivity index (χ3n) is 2.30. The Labute approximate surface area is 116 Å². The fourth-order valence-corrected chi connectivity index (χ4v) is 2.17. The van der Waals surface area contributed by atoms with Crippen molar-refractivity contribution in [1.29, 1.82) is 0 Å². The number of thiophene rings is 1. The second kappa shape index (κ2) is 6.89. The molecule has 0 bridgehead atoms. The summed E-state index contributed by atoms with van der Waals surface area (Å²) in [5.41, 5.74) is 5.62. The van der Waals surface area contributed by atoms with E-state index in [1.165, 1.54) is 4.88 Å². The van der Waals surface area contributed by atoms with Crippen molar-refractivity contribution in [3.05, 3.63) is 22.4 Å². The van der Waals surface area contributed by atoms with Crippen LogP contribution in [0.15, 0.2) is 17.5 Å². The second-order valence-corrected chi connectivity index (χ2v) is 4.94. The average Bonchev–Trinajstić information content (AvgIpc) is 2.89. The van der Waals surface area contributed by atoms with Gasteiger partial charge in [-0.15, -0.1) is 11.3 Å². The molecule has 6 nitrogen and oxygen atoms in total. The number of ether oxygens (including phenoxy) is 1. The molecule has 0 aromatic carbocycles. The fourth-order valence-electron chi connectivity index (χ4n) is 1.46. The van der Waals surface area contributed by atoms with E-state index in [0.29, 0.717) is 12.6 Å². The molecule has 2 aromatic heterocycles. The summed E-state index contributed by atoms with van der Waals surface area (Å²) in [4.78, 5) is 13.4. The predicted molar refractivity (Wildman–Crippen MR) is 76.5 cm³/mol. The zero-order chi connectivity index (χ0) is 13.5. The first-order valence-corrected chi connectivity index (χ1v) is 7.06. The molecule has 0 saturated heterocycles. The SMILES string of the molecule is CCCOc1nc(N)nc(NCCc2cccs2)n1. The molecule has 2 aromatic rings. The van der Waals surface area contributed by atoms with Crippen LogP contribution >= 0.6 is 11.3 Å². The number of nitrogen functional groups attached to an aromatic ring is 1. The molecule has 2 rings (SSSR count). The monoisotopic (exact) mass is 279 g/mol. The lowest BCUT2D eigenvalue weighted by molar-refractivity contribution is 0.292. The van der Waals surface area contributed by atoms with Crippen LogP contribution in [0.2, 0.25) is 0 Å². The lowest BCUT2D eigenvalue weighted by Crippen LogP contribution is -2.11. The molecule has 0 amide bonds. The quantitative estimate of drug-likeness (QED) is 0.805. The van der Waals surface area contributed by atoms with Gasteiger partial charge in [0.25, 0.3) is 0 Å². The Morgan fingerprint density at radius 1 is 1.37 bits per heavy atom. The summed E-state index contributed by atoms with van der Waals surface area (Å²) in [6.45, 7) is 3.33. The van der Waals surface area contributed by atoms with E-state index >= 15 is 0 Å². The van der Waals surface area contributed by atoms with Crippen LogP contribution in [-0.2, 0) is 6.42 Å². The van der Waals surface area contributed by atoms with E-state index in [1.807, 2.05) is 13.0 Å². The van der Waals surface area contributed by atoms with Gasteiger partial charge in [0, 0.05) is 11.4 Å². The van der Waals surface area contributed by atoms with Crippen molar-refractivity contribution in [1.82, 2.24) is 15.0 Å². The molecule has 102 valence electrons. The van der Waals surface area contributed by atoms with E-state index in [2.05, 4.69) is 31.7 Å². The van der Waals surface area contributed by atoms with Gasteiger partial charge < -0.3 is 15.8 Å². The van der Waals surface area contributed by atoms with Crippen molar-refractivity contribution in [3.63, 3.8) is 0 Å². The Morgan fingerprint density at radius 2 is 2.26 bits per heavy atom. The summed E-state index contributed by atoms with van der Waals surface area (Å²) in [5.74, 6) is 0.620. The molecule has 0 aliphatic rings. The number of rotatable bonds is 7. The number of nitrogens with zero attached hydrogens (tertiary/aromatic N) is 3. The van der Waals surface area contributed by atoms with E-state index < -0.39 is 0 Å². The molecule has 2 heterocycles. The predicted octanol–water partition coefficient (Wildman–Crippen LogP) is 1.96. The molecule has 19 heavy (non-hydrogen) atoms. The third kappa shape index (κ3) is 4.36. The molecule has 3 N–H and O–H groups in total. The molecule has 0 atom stereocenters. The van der Waals surface area contributed by atoms with Crippen molar-refractivity contribution in [2.75, 3.05) is 24.2 Å². The number of hydrogen-bond acceptors (Lipinski definition) is 7. The van der Waals surface area contributed by atoms with Gasteiger partial charge >= 0.3 is 6.01 Å². The smallest absolute Gasteiger partial charge is 0.323 e. The van der Waals surface area contributed by atoms with E-state index in [-0.39, 0.29) is 12.0 Å². The second-order valence-electron chi connectivity index (χ2n) is 3.90. The highest BCUT2D eigenvalue weighted by atomic mass is 32.1. The van der Waals surface area contributed by atoms with Crippen LogP contribution < -0.4 is 15.8 Å². The number of hydrogen-bond donors (Lipinski definition) is 2. The third-order valence-corrected chi connectivity index (χ3v) is 3.24. The van der Waals surface area contributed by atoms with Crippen molar-refractivity contribution < 1.29 is 4.74 Å². The Morgan fingerprint density at radius 3 is 3.00 bits per heavy atom. The molecule has 0 aliphatic carbocycles. The van der Waals surface area contributed by atoms with Crippen LogP contribution in [0.4, 0.5) is 11.9 Å². The first kappa shape index (κ1) is 13.5. The topological polar surface area (TPSA) is 86.0 Å². The molecule has 0 spiro atoms. The van der Waals surface area contributed by atoms with Gasteiger partial charge in [0.15, 0.2) is 0 Å². The lowest BCUT2D eigenvalue weighted by Gasteiger charge is -2.07. The number of nitrogens with two attached hydrogens (primary N) is 1. The molecule has 0 unspecified atom stereocenters. The minimum atomic E-state index is 0.166. The van der Waals surface area contributed by atoms with Crippen molar-refractivity contribution in [2.45, 2.75) is 19.8 Å². The van der Waals surface area contributed by atoms with Crippen LogP contribution in [0.25, 0.3) is 0 Å². The van der Waals surface area contributed by atoms with E-state index in [4.69, 9.17) is 10.5 Å². The van der Waals surface area contributed by atoms with Gasteiger partial charge in [-0.1, -0.05) is 13.0 Å². The molecular formula is C12H17N5OS. The van der Waals surface area contributed by atoms with E-state index in [0.717, 1.165) is 19.4 Å². The van der Waals surface area contributed by atoms with E-state index in [9.17, 15) is 0 Å². The number of nitrogens with one attached hydrogen (secondary N) is 1. The standard InChI is InChI=1S/C12H17N5OS/c1-2-7-18-12-16-10(13)15-11(17-12)14-6-5-9-4-3-8-19-9/h3-4,8H,2,5-7H2,1H3,(H3,13,14,15,16,17). The molecule has 7 heteroatoms. The first-order chi connectivity index (χ1) is 9.28. The van der Waals surface area contributed by atoms with Gasteiger partial charge in [0.05, 0.1) is 6.61 Å². The summed E-state index contributed by atoms with van der Waals surface area (Å²) >= 11 is 1.73. The van der Waals surface area contributed by atoms with Crippen molar-refractivity contribution in [3.8, 4) is 6.01 Å². The van der Waals surface area contributed by atoms with Crippen molar-refractivity contribution >= 4 is 23.2 Å². The zero-order valence-corrected chi connectivity index (χ0v) is 11.6. The highest BCUT2D eigenvalue weighted by molar-refractivity contribution is 7.09. The molecule has 0 radical (unpaired) electrons. The van der Waals surface area contributed by atoms with Gasteiger partial charge in [-0.3, -0.25) is 0 Å². The summed E-state index contributed by atoms with van der Waals surface area (Å²) in [5, 5.41) is 5.19. The van der Waals surface area contributed by atoms with Gasteiger partial charge in [-0.25, -0.2) is 0 Å². The molecular weight excluding hydrogens is 262 g/mol. The van der Waals surface area contributed by atoms with Crippen LogP contribution in [0, 0.1) is 0 Å². The minimum Gasteiger partial charge on any atom is -0.463 e. The van der Waals surface area contributed by atoms with Gasteiger partial charge in [-0.05, 0) is 24.3 Å². The molecule has 0 saturated carbocycles. The maximum absolute atomic E-state index is 5.62. The fraction of sp³-hybridized carbons (Fsp3) is 0.417. The van der Waals surface area contributed by atoms with Gasteiger partial charge in [0.2, 0.25) is 11.9 Å². The van der Waals surface area contributed by atoms with Crippen LogP contribution in [0.3, 0.4) is 0 Å². The van der Waals surface area contributed by atoms with Crippen LogP contribution in [-0.4, -0.2) is 28.1 Å². The first-order valence-electron chi connectivity index (χ1n) is 6.18.